The summed E-state index contributed by atoms with van der Waals surface area (Å²) in [5, 5.41) is 0.697. The predicted molar refractivity (Wildman–Crippen MR) is 65.4 cm³/mol. The van der Waals surface area contributed by atoms with Crippen LogP contribution in [0.1, 0.15) is 10.4 Å². The largest absolute Gasteiger partial charge is 0.488 e. The maximum atomic E-state index is 5.61. The lowest BCUT2D eigenvalue weighted by Crippen LogP contribution is -2.05. The molecule has 0 spiro atoms. The van der Waals surface area contributed by atoms with E-state index in [1.54, 1.807) is 6.20 Å². The van der Waals surface area contributed by atoms with Crippen LogP contribution in [0.3, 0.4) is 0 Å². The van der Waals surface area contributed by atoms with Crippen molar-refractivity contribution in [3.8, 4) is 5.75 Å². The van der Waals surface area contributed by atoms with E-state index in [2.05, 4.69) is 10.4 Å². The van der Waals surface area contributed by atoms with Gasteiger partial charge in [0, 0.05) is 6.20 Å². The highest BCUT2D eigenvalue weighted by Crippen LogP contribution is 2.19. The van der Waals surface area contributed by atoms with E-state index in [0.29, 0.717) is 11.7 Å². The van der Waals surface area contributed by atoms with Crippen molar-refractivity contribution >= 4 is 16.5 Å². The Balaban J connectivity index is 1.94. The summed E-state index contributed by atoms with van der Waals surface area (Å²) in [4.78, 5) is 5.10. The lowest BCUT2D eigenvalue weighted by atomic mass is 10.2. The third kappa shape index (κ3) is 2.71. The quantitative estimate of drug-likeness (QED) is 0.630. The van der Waals surface area contributed by atoms with Gasteiger partial charge in [-0.1, -0.05) is 29.0 Å². The van der Waals surface area contributed by atoms with E-state index in [4.69, 9.17) is 10.6 Å². The van der Waals surface area contributed by atoms with Crippen LogP contribution in [0.5, 0.6) is 5.75 Å². The van der Waals surface area contributed by atoms with Crippen LogP contribution < -0.4 is 16.0 Å². The number of rotatable bonds is 4. The van der Waals surface area contributed by atoms with Gasteiger partial charge in [-0.3, -0.25) is 5.43 Å². The number of nitrogens with zero attached hydrogens (tertiary/aromatic N) is 1. The van der Waals surface area contributed by atoms with Gasteiger partial charge in [0.1, 0.15) is 12.4 Å². The first-order valence-electron chi connectivity index (χ1n) is 4.89. The van der Waals surface area contributed by atoms with Gasteiger partial charge in [-0.25, -0.2) is 10.8 Å². The molecule has 0 saturated heterocycles. The molecule has 16 heavy (non-hydrogen) atoms. The van der Waals surface area contributed by atoms with Gasteiger partial charge in [0.25, 0.3) is 0 Å². The van der Waals surface area contributed by atoms with E-state index in [1.807, 2.05) is 31.2 Å². The van der Waals surface area contributed by atoms with Gasteiger partial charge in [0.2, 0.25) is 0 Å². The van der Waals surface area contributed by atoms with E-state index in [9.17, 15) is 0 Å². The number of nitrogens with two attached hydrogens (primary N) is 1. The van der Waals surface area contributed by atoms with E-state index < -0.39 is 0 Å². The van der Waals surface area contributed by atoms with E-state index >= 15 is 0 Å². The minimum Gasteiger partial charge on any atom is -0.488 e. The zero-order valence-electron chi connectivity index (χ0n) is 8.93. The van der Waals surface area contributed by atoms with Gasteiger partial charge < -0.3 is 4.74 Å². The van der Waals surface area contributed by atoms with Crippen LogP contribution in [0, 0.1) is 6.92 Å². The summed E-state index contributed by atoms with van der Waals surface area (Å²) in [6.45, 7) is 2.56. The second-order valence-corrected chi connectivity index (χ2v) is 4.49. The Morgan fingerprint density at radius 2 is 2.12 bits per heavy atom. The fraction of sp³-hybridized carbons (Fsp3) is 0.182. The number of nitrogen functional groups attached to an aromatic ring is 1. The average Bonchev–Trinajstić information content (AvgIpc) is 2.76. The molecule has 0 bridgehead atoms. The van der Waals surface area contributed by atoms with Crippen LogP contribution in [-0.4, -0.2) is 4.98 Å². The Hall–Kier alpha value is -1.59. The first-order valence-corrected chi connectivity index (χ1v) is 5.70. The Kier molecular flexibility index (Phi) is 3.38. The zero-order chi connectivity index (χ0) is 11.4. The summed E-state index contributed by atoms with van der Waals surface area (Å²) >= 11 is 1.48. The van der Waals surface area contributed by atoms with Crippen LogP contribution in [0.15, 0.2) is 30.5 Å². The Labute approximate surface area is 98.1 Å². The van der Waals surface area contributed by atoms with Gasteiger partial charge in [-0.05, 0) is 19.1 Å². The molecular formula is C11H13N3OS. The number of benzene rings is 1. The fourth-order valence-electron chi connectivity index (χ4n) is 1.23. The number of aryl methyl sites for hydroxylation is 1. The van der Waals surface area contributed by atoms with Gasteiger partial charge in [-0.2, -0.15) is 0 Å². The first-order chi connectivity index (χ1) is 7.78. The lowest BCUT2D eigenvalue weighted by molar-refractivity contribution is 0.309. The Morgan fingerprint density at radius 1 is 1.38 bits per heavy atom. The van der Waals surface area contributed by atoms with Crippen molar-refractivity contribution in [2.75, 3.05) is 5.43 Å². The molecule has 0 atom stereocenters. The second-order valence-electron chi connectivity index (χ2n) is 3.38. The molecule has 1 aromatic carbocycles. The summed E-state index contributed by atoms with van der Waals surface area (Å²) in [7, 11) is 0. The SMILES string of the molecule is Cc1ccc(OCc2cnc(NN)s2)cc1. The predicted octanol–water partition coefficient (Wildman–Crippen LogP) is 2.32. The number of hydrazine groups is 1. The van der Waals surface area contributed by atoms with Crippen molar-refractivity contribution in [1.82, 2.24) is 4.98 Å². The topological polar surface area (TPSA) is 60.2 Å². The molecule has 0 unspecified atom stereocenters. The van der Waals surface area contributed by atoms with Crippen LogP contribution in [-0.2, 0) is 6.61 Å². The molecule has 0 aliphatic heterocycles. The molecule has 5 heteroatoms. The highest BCUT2D eigenvalue weighted by Gasteiger charge is 2.01. The summed E-state index contributed by atoms with van der Waals surface area (Å²) in [5.74, 6) is 6.11. The van der Waals surface area contributed by atoms with Gasteiger partial charge in [-0.15, -0.1) is 0 Å². The minimum atomic E-state index is 0.516. The smallest absolute Gasteiger partial charge is 0.197 e. The summed E-state index contributed by atoms with van der Waals surface area (Å²) in [6, 6.07) is 7.96. The molecule has 84 valence electrons. The number of aromatic nitrogens is 1. The number of thiazole rings is 1. The van der Waals surface area contributed by atoms with Crippen LogP contribution >= 0.6 is 11.3 Å². The molecule has 2 aromatic rings. The number of ether oxygens (including phenoxy) is 1. The van der Waals surface area contributed by atoms with Crippen molar-refractivity contribution < 1.29 is 4.74 Å². The van der Waals surface area contributed by atoms with Crippen LogP contribution in [0.2, 0.25) is 0 Å². The first kappa shape index (κ1) is 10.9. The molecule has 0 radical (unpaired) electrons. The average molecular weight is 235 g/mol. The Bertz CT molecular complexity index is 453. The maximum Gasteiger partial charge on any atom is 0.197 e. The third-order valence-corrected chi connectivity index (χ3v) is 2.98. The summed E-state index contributed by atoms with van der Waals surface area (Å²) < 4.78 is 5.61. The normalized spacial score (nSPS) is 10.1. The highest BCUT2D eigenvalue weighted by molar-refractivity contribution is 7.15. The number of anilines is 1. The monoisotopic (exact) mass is 235 g/mol. The molecular weight excluding hydrogens is 222 g/mol. The van der Waals surface area contributed by atoms with Crippen molar-refractivity contribution in [3.05, 3.63) is 40.9 Å². The van der Waals surface area contributed by atoms with Crippen molar-refractivity contribution in [2.45, 2.75) is 13.5 Å². The number of nitrogens with one attached hydrogen (secondary N) is 1. The number of hydrogen-bond acceptors (Lipinski definition) is 5. The third-order valence-electron chi connectivity index (χ3n) is 2.08. The fourth-order valence-corrected chi connectivity index (χ4v) is 1.87. The molecule has 2 rings (SSSR count). The summed E-state index contributed by atoms with van der Waals surface area (Å²) in [5.41, 5.74) is 3.73. The number of hydrogen-bond donors (Lipinski definition) is 2. The van der Waals surface area contributed by atoms with Gasteiger partial charge in [0.05, 0.1) is 4.88 Å². The minimum absolute atomic E-state index is 0.516. The van der Waals surface area contributed by atoms with E-state index in [0.717, 1.165) is 10.6 Å². The standard InChI is InChI=1S/C11H13N3OS/c1-8-2-4-9(5-3-8)15-7-10-6-13-11(14-12)16-10/h2-6H,7,12H2,1H3,(H,13,14). The second kappa shape index (κ2) is 4.96. The van der Waals surface area contributed by atoms with E-state index in [1.165, 1.54) is 16.9 Å². The Morgan fingerprint density at radius 3 is 2.75 bits per heavy atom. The highest BCUT2D eigenvalue weighted by atomic mass is 32.1. The van der Waals surface area contributed by atoms with Gasteiger partial charge >= 0.3 is 0 Å². The van der Waals surface area contributed by atoms with Crippen molar-refractivity contribution in [2.24, 2.45) is 5.84 Å². The van der Waals surface area contributed by atoms with Crippen molar-refractivity contribution in [1.29, 1.82) is 0 Å². The molecule has 4 nitrogen and oxygen atoms in total. The van der Waals surface area contributed by atoms with Crippen LogP contribution in [0.4, 0.5) is 5.13 Å². The van der Waals surface area contributed by atoms with Crippen molar-refractivity contribution in [3.63, 3.8) is 0 Å². The molecule has 3 N–H and O–H groups in total. The molecule has 0 fully saturated rings. The van der Waals surface area contributed by atoms with E-state index in [-0.39, 0.29) is 0 Å². The van der Waals surface area contributed by atoms with Gasteiger partial charge in [0.15, 0.2) is 5.13 Å². The molecule has 0 amide bonds. The maximum absolute atomic E-state index is 5.61. The zero-order valence-corrected chi connectivity index (χ0v) is 9.75. The lowest BCUT2D eigenvalue weighted by Gasteiger charge is -2.03. The molecule has 0 saturated carbocycles. The molecule has 0 aliphatic carbocycles. The summed E-state index contributed by atoms with van der Waals surface area (Å²) in [6.07, 6.45) is 1.76. The molecule has 1 aromatic heterocycles. The molecule has 0 aliphatic rings. The molecule has 1 heterocycles. The van der Waals surface area contributed by atoms with Crippen LogP contribution in [0.25, 0.3) is 0 Å².